The molecule has 3 N–H and O–H groups in total. The van der Waals surface area contributed by atoms with Gasteiger partial charge in [-0.05, 0) is 30.9 Å². The van der Waals surface area contributed by atoms with E-state index in [1.54, 1.807) is 0 Å². The zero-order chi connectivity index (χ0) is 13.9. The average molecular weight is 273 g/mol. The highest BCUT2D eigenvalue weighted by Crippen LogP contribution is 2.24. The maximum atomic E-state index is 12.1. The first-order chi connectivity index (χ1) is 9.72. The van der Waals surface area contributed by atoms with Crippen molar-refractivity contribution in [3.8, 4) is 0 Å². The molecule has 1 saturated carbocycles. The Morgan fingerprint density at radius 3 is 2.85 bits per heavy atom. The normalized spacial score (nSPS) is 20.5. The van der Waals surface area contributed by atoms with E-state index in [0.717, 1.165) is 30.5 Å². The van der Waals surface area contributed by atoms with Gasteiger partial charge in [0.2, 0.25) is 11.8 Å². The van der Waals surface area contributed by atoms with Gasteiger partial charge in [0, 0.05) is 18.3 Å². The van der Waals surface area contributed by atoms with Crippen LogP contribution < -0.4 is 16.0 Å². The Morgan fingerprint density at radius 1 is 1.25 bits per heavy atom. The standard InChI is InChI=1S/C15H19N3O2/c19-14(18-12-5-6-12)9-17-15(20)11-7-10-3-1-2-4-13(10)16-8-11/h1-4,11-12,16H,5-9H2,(H,17,20)(H,18,19). The number of nitrogens with one attached hydrogen (secondary N) is 3. The number of fused-ring (bicyclic) bond motifs is 1. The summed E-state index contributed by atoms with van der Waals surface area (Å²) >= 11 is 0. The largest absolute Gasteiger partial charge is 0.384 e. The Bertz CT molecular complexity index is 526. The molecule has 3 rings (SSSR count). The van der Waals surface area contributed by atoms with Gasteiger partial charge in [-0.15, -0.1) is 0 Å². The topological polar surface area (TPSA) is 70.2 Å². The molecule has 106 valence electrons. The molecular weight excluding hydrogens is 254 g/mol. The first-order valence-electron chi connectivity index (χ1n) is 7.11. The number of benzene rings is 1. The van der Waals surface area contributed by atoms with Crippen LogP contribution in [0.2, 0.25) is 0 Å². The number of rotatable bonds is 4. The molecule has 1 aromatic rings. The third kappa shape index (κ3) is 3.10. The van der Waals surface area contributed by atoms with Crippen LogP contribution in [0.15, 0.2) is 24.3 Å². The van der Waals surface area contributed by atoms with Crippen molar-refractivity contribution in [1.29, 1.82) is 0 Å². The molecule has 5 heteroatoms. The molecule has 0 spiro atoms. The number of carbonyl (C=O) groups excluding carboxylic acids is 2. The fraction of sp³-hybridized carbons (Fsp3) is 0.467. The summed E-state index contributed by atoms with van der Waals surface area (Å²) in [5.41, 5.74) is 2.25. The van der Waals surface area contributed by atoms with Crippen molar-refractivity contribution in [3.05, 3.63) is 29.8 Å². The monoisotopic (exact) mass is 273 g/mol. The number of anilines is 1. The number of amides is 2. The molecule has 1 unspecified atom stereocenters. The first-order valence-corrected chi connectivity index (χ1v) is 7.11. The number of para-hydroxylation sites is 1. The summed E-state index contributed by atoms with van der Waals surface area (Å²) in [5, 5.41) is 8.85. The summed E-state index contributed by atoms with van der Waals surface area (Å²) in [7, 11) is 0. The van der Waals surface area contributed by atoms with Gasteiger partial charge in [0.15, 0.2) is 0 Å². The van der Waals surface area contributed by atoms with Gasteiger partial charge in [-0.25, -0.2) is 0 Å². The van der Waals surface area contributed by atoms with Crippen molar-refractivity contribution in [2.24, 2.45) is 5.92 Å². The van der Waals surface area contributed by atoms with E-state index in [4.69, 9.17) is 0 Å². The van der Waals surface area contributed by atoms with Crippen LogP contribution in [0, 0.1) is 5.92 Å². The molecule has 20 heavy (non-hydrogen) atoms. The van der Waals surface area contributed by atoms with Crippen molar-refractivity contribution < 1.29 is 9.59 Å². The lowest BCUT2D eigenvalue weighted by Crippen LogP contribution is -2.43. The van der Waals surface area contributed by atoms with Crippen LogP contribution in [-0.4, -0.2) is 30.9 Å². The number of hydrogen-bond acceptors (Lipinski definition) is 3. The lowest BCUT2D eigenvalue weighted by molar-refractivity contribution is -0.128. The van der Waals surface area contributed by atoms with E-state index in [0.29, 0.717) is 12.6 Å². The van der Waals surface area contributed by atoms with Crippen molar-refractivity contribution in [1.82, 2.24) is 10.6 Å². The Morgan fingerprint density at radius 2 is 2.05 bits per heavy atom. The van der Waals surface area contributed by atoms with Crippen LogP contribution in [0.3, 0.4) is 0 Å². The Kier molecular flexibility index (Phi) is 3.58. The van der Waals surface area contributed by atoms with Crippen LogP contribution >= 0.6 is 0 Å². The molecule has 1 atom stereocenters. The van der Waals surface area contributed by atoms with Crippen LogP contribution in [0.25, 0.3) is 0 Å². The second kappa shape index (κ2) is 5.53. The average Bonchev–Trinajstić information content (AvgIpc) is 3.28. The molecule has 1 aliphatic carbocycles. The summed E-state index contributed by atoms with van der Waals surface area (Å²) in [6.07, 6.45) is 2.84. The second-order valence-corrected chi connectivity index (χ2v) is 5.50. The molecule has 2 amide bonds. The smallest absolute Gasteiger partial charge is 0.239 e. The highest BCUT2D eigenvalue weighted by atomic mass is 16.2. The third-order valence-corrected chi connectivity index (χ3v) is 3.76. The predicted octanol–water partition coefficient (Wildman–Crippen LogP) is 0.666. The van der Waals surface area contributed by atoms with Crippen LogP contribution in [0.5, 0.6) is 0 Å². The maximum absolute atomic E-state index is 12.1. The van der Waals surface area contributed by atoms with Gasteiger partial charge in [-0.3, -0.25) is 9.59 Å². The molecule has 0 saturated heterocycles. The van der Waals surface area contributed by atoms with Gasteiger partial charge in [-0.1, -0.05) is 18.2 Å². The van der Waals surface area contributed by atoms with Gasteiger partial charge >= 0.3 is 0 Å². The van der Waals surface area contributed by atoms with Gasteiger partial charge in [0.05, 0.1) is 12.5 Å². The summed E-state index contributed by atoms with van der Waals surface area (Å²) < 4.78 is 0. The Labute approximate surface area is 118 Å². The van der Waals surface area contributed by atoms with E-state index in [2.05, 4.69) is 16.0 Å². The van der Waals surface area contributed by atoms with Crippen molar-refractivity contribution in [3.63, 3.8) is 0 Å². The molecule has 0 aromatic heterocycles. The minimum Gasteiger partial charge on any atom is -0.384 e. The highest BCUT2D eigenvalue weighted by Gasteiger charge is 2.26. The molecule has 1 heterocycles. The zero-order valence-electron chi connectivity index (χ0n) is 11.3. The van der Waals surface area contributed by atoms with E-state index >= 15 is 0 Å². The fourth-order valence-electron chi connectivity index (χ4n) is 2.45. The van der Waals surface area contributed by atoms with Gasteiger partial charge in [-0.2, -0.15) is 0 Å². The van der Waals surface area contributed by atoms with Gasteiger partial charge < -0.3 is 16.0 Å². The molecular formula is C15H19N3O2. The van der Waals surface area contributed by atoms with Crippen LogP contribution in [-0.2, 0) is 16.0 Å². The minimum atomic E-state index is -0.112. The Hall–Kier alpha value is -2.04. The Balaban J connectivity index is 1.49. The minimum absolute atomic E-state index is 0.0575. The lowest BCUT2D eigenvalue weighted by Gasteiger charge is -2.25. The van der Waals surface area contributed by atoms with Gasteiger partial charge in [0.25, 0.3) is 0 Å². The van der Waals surface area contributed by atoms with Crippen molar-refractivity contribution >= 4 is 17.5 Å². The summed E-state index contributed by atoms with van der Waals surface area (Å²) in [4.78, 5) is 23.6. The number of hydrogen-bond donors (Lipinski definition) is 3. The second-order valence-electron chi connectivity index (χ2n) is 5.50. The quantitative estimate of drug-likeness (QED) is 0.755. The molecule has 5 nitrogen and oxygen atoms in total. The fourth-order valence-corrected chi connectivity index (χ4v) is 2.45. The molecule has 1 aliphatic heterocycles. The van der Waals surface area contributed by atoms with E-state index < -0.39 is 0 Å². The molecule has 0 bridgehead atoms. The molecule has 1 aromatic carbocycles. The molecule has 2 aliphatic rings. The van der Waals surface area contributed by atoms with Gasteiger partial charge in [0.1, 0.15) is 0 Å². The van der Waals surface area contributed by atoms with Crippen LogP contribution in [0.4, 0.5) is 5.69 Å². The predicted molar refractivity (Wildman–Crippen MR) is 76.3 cm³/mol. The molecule has 1 fully saturated rings. The van der Waals surface area contributed by atoms with E-state index in [9.17, 15) is 9.59 Å². The first kappa shape index (κ1) is 13.0. The SMILES string of the molecule is O=C(CNC(=O)C1CNc2ccccc2C1)NC1CC1. The summed E-state index contributed by atoms with van der Waals surface area (Å²) in [6, 6.07) is 8.34. The highest BCUT2D eigenvalue weighted by molar-refractivity contribution is 5.87. The van der Waals surface area contributed by atoms with Crippen LogP contribution in [0.1, 0.15) is 18.4 Å². The van der Waals surface area contributed by atoms with E-state index in [1.807, 2.05) is 24.3 Å². The lowest BCUT2D eigenvalue weighted by atomic mass is 9.93. The van der Waals surface area contributed by atoms with E-state index in [-0.39, 0.29) is 24.3 Å². The van der Waals surface area contributed by atoms with Crippen molar-refractivity contribution in [2.45, 2.75) is 25.3 Å². The van der Waals surface area contributed by atoms with E-state index in [1.165, 1.54) is 0 Å². The number of carbonyl (C=O) groups is 2. The maximum Gasteiger partial charge on any atom is 0.239 e. The summed E-state index contributed by atoms with van der Waals surface area (Å²) in [6.45, 7) is 0.695. The summed E-state index contributed by atoms with van der Waals surface area (Å²) in [5.74, 6) is -0.262. The molecule has 0 radical (unpaired) electrons. The third-order valence-electron chi connectivity index (χ3n) is 3.76. The zero-order valence-corrected chi connectivity index (χ0v) is 11.3. The van der Waals surface area contributed by atoms with Crippen molar-refractivity contribution in [2.75, 3.05) is 18.4 Å².